The number of hydrogen-bond donors (Lipinski definition) is 0. The van der Waals surface area contributed by atoms with Crippen LogP contribution in [0, 0.1) is 11.3 Å². The third-order valence-corrected chi connectivity index (χ3v) is 17.9. The number of nitrogens with zero attached hydrogens (tertiary/aromatic N) is 5. The van der Waals surface area contributed by atoms with Crippen LogP contribution in [0.3, 0.4) is 0 Å². The minimum absolute atomic E-state index is 0.578. The molecule has 5 heteroatoms. The largest absolute Gasteiger partial charge is 0.307 e. The minimum atomic E-state index is 0.578. The van der Waals surface area contributed by atoms with Crippen LogP contribution in [-0.2, 0) is 0 Å². The smallest absolute Gasteiger partial charge is 0.162 e. The van der Waals surface area contributed by atoms with Crippen LogP contribution < -0.4 is 0 Å². The molecule has 4 aromatic heterocycles. The third kappa shape index (κ3) is 8.65. The highest BCUT2D eigenvalue weighted by Gasteiger charge is 2.29. The summed E-state index contributed by atoms with van der Waals surface area (Å²) >= 11 is 0. The molecule has 0 saturated carbocycles. The Balaban J connectivity index is 1.05. The van der Waals surface area contributed by atoms with Crippen molar-refractivity contribution in [2.75, 3.05) is 0 Å². The molecule has 0 aliphatic carbocycles. The zero-order valence-corrected chi connectivity index (χ0v) is 48.3. The van der Waals surface area contributed by atoms with E-state index in [0.29, 0.717) is 5.56 Å². The van der Waals surface area contributed by atoms with E-state index in [1.54, 1.807) is 0 Å². The van der Waals surface area contributed by atoms with Gasteiger partial charge in [0.15, 0.2) is 5.82 Å². The van der Waals surface area contributed by atoms with Crippen LogP contribution in [0.25, 0.3) is 160 Å². The zero-order chi connectivity index (χ0) is 58.9. The predicted molar refractivity (Wildman–Crippen MR) is 370 cm³/mol. The lowest BCUT2D eigenvalue weighted by Crippen LogP contribution is -2.11. The Hall–Kier alpha value is -12.1. The molecule has 0 amide bonds. The van der Waals surface area contributed by atoms with Crippen molar-refractivity contribution >= 4 is 65.4 Å². The number of rotatable bonds is 10. The maximum absolute atomic E-state index is 10.5. The summed E-state index contributed by atoms with van der Waals surface area (Å²) in [7, 11) is 0. The lowest BCUT2D eigenvalue weighted by atomic mass is 10.00. The molecule has 0 aliphatic heterocycles. The summed E-state index contributed by atoms with van der Waals surface area (Å²) in [6.45, 7) is 0. The molecule has 0 aliphatic rings. The quantitative estimate of drug-likeness (QED) is 0.137. The van der Waals surface area contributed by atoms with Crippen molar-refractivity contribution in [3.05, 3.63) is 327 Å². The molecule has 89 heavy (non-hydrogen) atoms. The van der Waals surface area contributed by atoms with Gasteiger partial charge in [-0.3, -0.25) is 4.57 Å². The molecule has 0 unspecified atom stereocenters. The maximum atomic E-state index is 10.5. The molecule has 4 heterocycles. The standard InChI is InChI=1S/C84H53N5/c85-53-55-31-33-62(34-32-55)82-81(87-75-41-35-63(56-19-7-1-8-20-56)47-69(75)70-48-64(36-42-76(70)87)57-21-9-2-10-22-57)54-86-84(89-79-45-39-67(60-27-15-5-16-28-60)51-73(79)74-52-68(40-46-80(74)89)61-29-17-6-18-30-61)83(82)88-77-43-37-65(58-23-11-3-12-24-58)49-71(77)72-50-66(38-44-78(72)88)59-25-13-4-14-26-59/h1-52,54H. The molecule has 0 atom stereocenters. The summed E-state index contributed by atoms with van der Waals surface area (Å²) in [5.74, 6) is 0.754. The summed E-state index contributed by atoms with van der Waals surface area (Å²) in [5, 5.41) is 17.2. The van der Waals surface area contributed by atoms with Crippen LogP contribution in [0.15, 0.2) is 322 Å². The van der Waals surface area contributed by atoms with E-state index in [9.17, 15) is 5.26 Å². The number of pyridine rings is 1. The van der Waals surface area contributed by atoms with Crippen LogP contribution in [0.5, 0.6) is 0 Å². The van der Waals surface area contributed by atoms with Gasteiger partial charge >= 0.3 is 0 Å². The Labute approximate surface area is 514 Å². The van der Waals surface area contributed by atoms with Gasteiger partial charge in [-0.2, -0.15) is 5.26 Å². The first-order valence-electron chi connectivity index (χ1n) is 30.2. The van der Waals surface area contributed by atoms with Crippen LogP contribution in [-0.4, -0.2) is 18.7 Å². The van der Waals surface area contributed by atoms with Gasteiger partial charge in [0.2, 0.25) is 0 Å². The van der Waals surface area contributed by atoms with E-state index in [1.807, 2.05) is 12.1 Å². The fraction of sp³-hybridized carbons (Fsp3) is 0. The topological polar surface area (TPSA) is 51.5 Å². The fourth-order valence-corrected chi connectivity index (χ4v) is 13.7. The summed E-state index contributed by atoms with van der Waals surface area (Å²) < 4.78 is 7.32. The average Bonchev–Trinajstić information content (AvgIpc) is 1.60. The molecule has 17 aromatic rings. The van der Waals surface area contributed by atoms with Gasteiger partial charge in [-0.15, -0.1) is 0 Å². The highest BCUT2D eigenvalue weighted by molar-refractivity contribution is 6.16. The van der Waals surface area contributed by atoms with Crippen LogP contribution in [0.1, 0.15) is 5.56 Å². The number of nitriles is 1. The summed E-state index contributed by atoms with van der Waals surface area (Å²) in [6, 6.07) is 116. The first kappa shape index (κ1) is 51.3. The lowest BCUT2D eigenvalue weighted by molar-refractivity contribution is 1.01. The second-order valence-electron chi connectivity index (χ2n) is 23.0. The molecule has 0 N–H and O–H groups in total. The second kappa shape index (κ2) is 21.1. The predicted octanol–water partition coefficient (Wildman–Crippen LogP) is 21.9. The van der Waals surface area contributed by atoms with E-state index in [-0.39, 0.29) is 0 Å². The van der Waals surface area contributed by atoms with Gasteiger partial charge in [0.05, 0.1) is 62.3 Å². The van der Waals surface area contributed by atoms with Crippen molar-refractivity contribution in [1.82, 2.24) is 18.7 Å². The highest BCUT2D eigenvalue weighted by atomic mass is 15.1. The zero-order valence-electron chi connectivity index (χ0n) is 48.3. The van der Waals surface area contributed by atoms with Crippen molar-refractivity contribution in [2.24, 2.45) is 0 Å². The molecular formula is C84H53N5. The monoisotopic (exact) mass is 1130 g/mol. The number of hydrogen-bond acceptors (Lipinski definition) is 2. The van der Waals surface area contributed by atoms with E-state index >= 15 is 0 Å². The Morgan fingerprint density at radius 3 is 0.787 bits per heavy atom. The van der Waals surface area contributed by atoms with E-state index in [1.165, 1.54) is 0 Å². The van der Waals surface area contributed by atoms with Gasteiger partial charge in [-0.25, -0.2) is 4.98 Å². The van der Waals surface area contributed by atoms with Crippen molar-refractivity contribution in [3.8, 4) is 101 Å². The molecular weight excluding hydrogens is 1080 g/mol. The maximum Gasteiger partial charge on any atom is 0.162 e. The average molecular weight is 1130 g/mol. The molecule has 0 bridgehead atoms. The second-order valence-corrected chi connectivity index (χ2v) is 23.0. The first-order valence-corrected chi connectivity index (χ1v) is 30.2. The SMILES string of the molecule is N#Cc1ccc(-c2c(-n3c4ccc(-c5ccccc5)cc4c4cc(-c5ccccc5)ccc43)cnc(-n3c4ccc(-c5ccccc5)cc4c4cc(-c5ccccc5)ccc43)c2-n2c3ccc(-c4ccccc4)cc3c3cc(-c4ccccc4)ccc32)cc1. The van der Waals surface area contributed by atoms with E-state index in [0.717, 1.165) is 160 Å². The van der Waals surface area contributed by atoms with Gasteiger partial charge in [0, 0.05) is 37.9 Å². The molecule has 0 radical (unpaired) electrons. The highest BCUT2D eigenvalue weighted by Crippen LogP contribution is 2.48. The summed E-state index contributed by atoms with van der Waals surface area (Å²) in [6.07, 6.45) is 2.10. The fourth-order valence-electron chi connectivity index (χ4n) is 13.7. The van der Waals surface area contributed by atoms with E-state index in [4.69, 9.17) is 4.98 Å². The van der Waals surface area contributed by atoms with Crippen LogP contribution >= 0.6 is 0 Å². The van der Waals surface area contributed by atoms with Crippen molar-refractivity contribution in [1.29, 1.82) is 5.26 Å². The number of benzene rings is 13. The molecule has 0 fully saturated rings. The molecule has 414 valence electrons. The van der Waals surface area contributed by atoms with Gasteiger partial charge in [-0.1, -0.05) is 231 Å². The third-order valence-electron chi connectivity index (χ3n) is 17.9. The summed E-state index contributed by atoms with van der Waals surface area (Å²) in [4.78, 5) is 5.97. The first-order chi connectivity index (χ1) is 44.1. The van der Waals surface area contributed by atoms with Crippen molar-refractivity contribution < 1.29 is 0 Å². The molecule has 0 saturated heterocycles. The normalized spacial score (nSPS) is 11.6. The van der Waals surface area contributed by atoms with Gasteiger partial charge in [0.25, 0.3) is 0 Å². The van der Waals surface area contributed by atoms with Crippen LogP contribution in [0.4, 0.5) is 0 Å². The Morgan fingerprint density at radius 2 is 0.506 bits per heavy atom. The van der Waals surface area contributed by atoms with Gasteiger partial charge < -0.3 is 9.13 Å². The van der Waals surface area contributed by atoms with Gasteiger partial charge in [-0.05, 0) is 157 Å². The van der Waals surface area contributed by atoms with E-state index in [2.05, 4.69) is 329 Å². The molecule has 17 rings (SSSR count). The molecule has 0 spiro atoms. The van der Waals surface area contributed by atoms with Crippen LogP contribution in [0.2, 0.25) is 0 Å². The number of fused-ring (bicyclic) bond motifs is 9. The molecule has 5 nitrogen and oxygen atoms in total. The Bertz CT molecular complexity index is 5330. The minimum Gasteiger partial charge on any atom is -0.307 e. The van der Waals surface area contributed by atoms with Crippen molar-refractivity contribution in [2.45, 2.75) is 0 Å². The van der Waals surface area contributed by atoms with E-state index < -0.39 is 0 Å². The Morgan fingerprint density at radius 1 is 0.247 bits per heavy atom. The molecule has 13 aromatic carbocycles. The Kier molecular flexibility index (Phi) is 12.2. The summed E-state index contributed by atoms with van der Waals surface area (Å²) in [5.41, 5.74) is 24.1. The van der Waals surface area contributed by atoms with Gasteiger partial charge in [0.1, 0.15) is 0 Å². The lowest BCUT2D eigenvalue weighted by Gasteiger charge is -2.24. The van der Waals surface area contributed by atoms with Crippen molar-refractivity contribution in [3.63, 3.8) is 0 Å². The number of aromatic nitrogens is 4.